The first-order chi connectivity index (χ1) is 7.09. The lowest BCUT2D eigenvalue weighted by Gasteiger charge is -2.09. The minimum Gasteiger partial charge on any atom is -0.324 e. The molecule has 0 aliphatic carbocycles. The fourth-order valence-corrected chi connectivity index (χ4v) is 1.42. The van der Waals surface area contributed by atoms with Gasteiger partial charge in [-0.25, -0.2) is 0 Å². The average molecular weight is 203 g/mol. The highest BCUT2D eigenvalue weighted by atomic mass is 16.1. The first-order valence-corrected chi connectivity index (χ1v) is 5.08. The van der Waals surface area contributed by atoms with Gasteiger partial charge in [-0.05, 0) is 25.5 Å². The Morgan fingerprint density at radius 2 is 1.93 bits per heavy atom. The number of ketones is 1. The lowest BCUT2D eigenvalue weighted by Crippen LogP contribution is -2.14. The van der Waals surface area contributed by atoms with Crippen LogP contribution < -0.4 is 5.73 Å². The van der Waals surface area contributed by atoms with E-state index in [1.165, 1.54) is 0 Å². The predicted molar refractivity (Wildman–Crippen MR) is 62.4 cm³/mol. The van der Waals surface area contributed by atoms with Gasteiger partial charge in [-0.1, -0.05) is 35.9 Å². The lowest BCUT2D eigenvalue weighted by atomic mass is 10.0. The summed E-state index contributed by atoms with van der Waals surface area (Å²) in [6, 6.07) is 9.49. The third-order valence-corrected chi connectivity index (χ3v) is 2.10. The molecule has 0 bridgehead atoms. The van der Waals surface area contributed by atoms with E-state index >= 15 is 0 Å². The number of allylic oxidation sites excluding steroid dienone is 2. The van der Waals surface area contributed by atoms with E-state index in [1.54, 1.807) is 6.08 Å². The molecule has 0 aromatic heterocycles. The van der Waals surface area contributed by atoms with Gasteiger partial charge in [0.2, 0.25) is 0 Å². The highest BCUT2D eigenvalue weighted by Crippen LogP contribution is 2.14. The second-order valence-corrected chi connectivity index (χ2v) is 3.91. The van der Waals surface area contributed by atoms with E-state index in [9.17, 15) is 4.79 Å². The van der Waals surface area contributed by atoms with Crippen molar-refractivity contribution < 1.29 is 4.79 Å². The third-order valence-electron chi connectivity index (χ3n) is 2.10. The van der Waals surface area contributed by atoms with E-state index in [2.05, 4.69) is 0 Å². The number of benzene rings is 1. The summed E-state index contributed by atoms with van der Waals surface area (Å²) in [7, 11) is 0. The summed E-state index contributed by atoms with van der Waals surface area (Å²) in [6.45, 7) is 3.82. The molecule has 2 nitrogen and oxygen atoms in total. The zero-order chi connectivity index (χ0) is 11.3. The Hall–Kier alpha value is -1.41. The third kappa shape index (κ3) is 4.09. The Bertz CT molecular complexity index is 350. The summed E-state index contributed by atoms with van der Waals surface area (Å²) < 4.78 is 0. The molecular formula is C13H17NO. The van der Waals surface area contributed by atoms with Crippen molar-refractivity contribution in [3.63, 3.8) is 0 Å². The second kappa shape index (κ2) is 5.47. The normalized spacial score (nSPS) is 11.9. The van der Waals surface area contributed by atoms with Gasteiger partial charge < -0.3 is 5.73 Å². The van der Waals surface area contributed by atoms with Crippen molar-refractivity contribution in [1.29, 1.82) is 0 Å². The maximum absolute atomic E-state index is 11.5. The fourth-order valence-electron chi connectivity index (χ4n) is 1.42. The summed E-state index contributed by atoms with van der Waals surface area (Å²) in [5.74, 6) is 0.0892. The maximum atomic E-state index is 11.5. The highest BCUT2D eigenvalue weighted by molar-refractivity contribution is 5.90. The smallest absolute Gasteiger partial charge is 0.157 e. The molecule has 1 atom stereocenters. The van der Waals surface area contributed by atoms with Crippen LogP contribution in [0.1, 0.15) is 31.9 Å². The van der Waals surface area contributed by atoms with Gasteiger partial charge in [0, 0.05) is 12.5 Å². The van der Waals surface area contributed by atoms with Crippen LogP contribution in [0.15, 0.2) is 42.0 Å². The van der Waals surface area contributed by atoms with Crippen LogP contribution in [0.4, 0.5) is 0 Å². The van der Waals surface area contributed by atoms with Crippen molar-refractivity contribution in [3.8, 4) is 0 Å². The summed E-state index contributed by atoms with van der Waals surface area (Å²) in [4.78, 5) is 11.5. The number of carbonyl (C=O) groups is 1. The minimum absolute atomic E-state index is 0.0892. The Morgan fingerprint density at radius 3 is 2.47 bits per heavy atom. The largest absolute Gasteiger partial charge is 0.324 e. The maximum Gasteiger partial charge on any atom is 0.157 e. The molecule has 15 heavy (non-hydrogen) atoms. The van der Waals surface area contributed by atoms with E-state index < -0.39 is 0 Å². The van der Waals surface area contributed by atoms with Crippen LogP contribution in [0, 0.1) is 0 Å². The van der Waals surface area contributed by atoms with Crippen molar-refractivity contribution in [2.24, 2.45) is 5.73 Å². The molecule has 0 spiro atoms. The summed E-state index contributed by atoms with van der Waals surface area (Å²) >= 11 is 0. The van der Waals surface area contributed by atoms with E-state index in [0.717, 1.165) is 11.1 Å². The molecule has 1 aromatic rings. The van der Waals surface area contributed by atoms with Crippen molar-refractivity contribution in [2.45, 2.75) is 26.3 Å². The zero-order valence-corrected chi connectivity index (χ0v) is 9.23. The average Bonchev–Trinajstić information content (AvgIpc) is 2.17. The summed E-state index contributed by atoms with van der Waals surface area (Å²) in [5.41, 5.74) is 7.94. The van der Waals surface area contributed by atoms with Crippen molar-refractivity contribution in [2.75, 3.05) is 0 Å². The quantitative estimate of drug-likeness (QED) is 0.764. The molecule has 1 aromatic carbocycles. The van der Waals surface area contributed by atoms with Crippen LogP contribution in [-0.4, -0.2) is 5.78 Å². The van der Waals surface area contributed by atoms with Gasteiger partial charge in [0.25, 0.3) is 0 Å². The van der Waals surface area contributed by atoms with Crippen LogP contribution in [0.5, 0.6) is 0 Å². The first kappa shape index (κ1) is 11.7. The molecule has 0 aliphatic heterocycles. The van der Waals surface area contributed by atoms with Crippen molar-refractivity contribution in [1.82, 2.24) is 0 Å². The van der Waals surface area contributed by atoms with Gasteiger partial charge in [0.1, 0.15) is 0 Å². The molecule has 1 rings (SSSR count). The Labute approximate surface area is 90.8 Å². The van der Waals surface area contributed by atoms with Crippen molar-refractivity contribution >= 4 is 5.78 Å². The van der Waals surface area contributed by atoms with Gasteiger partial charge in [0.05, 0.1) is 0 Å². The second-order valence-electron chi connectivity index (χ2n) is 3.91. The van der Waals surface area contributed by atoms with E-state index in [-0.39, 0.29) is 11.8 Å². The number of rotatable bonds is 4. The van der Waals surface area contributed by atoms with Crippen molar-refractivity contribution in [3.05, 3.63) is 47.5 Å². The Morgan fingerprint density at radius 1 is 1.33 bits per heavy atom. The van der Waals surface area contributed by atoms with E-state index in [4.69, 9.17) is 5.73 Å². The minimum atomic E-state index is -0.200. The van der Waals surface area contributed by atoms with Gasteiger partial charge in [0.15, 0.2) is 5.78 Å². The topological polar surface area (TPSA) is 43.1 Å². The van der Waals surface area contributed by atoms with E-state index in [0.29, 0.717) is 6.42 Å². The molecule has 2 heteroatoms. The van der Waals surface area contributed by atoms with Crippen LogP contribution in [0.3, 0.4) is 0 Å². The first-order valence-electron chi connectivity index (χ1n) is 5.08. The molecule has 0 saturated heterocycles. The lowest BCUT2D eigenvalue weighted by molar-refractivity contribution is -0.115. The predicted octanol–water partition coefficient (Wildman–Crippen LogP) is 2.61. The molecule has 2 N–H and O–H groups in total. The van der Waals surface area contributed by atoms with Gasteiger partial charge in [-0.3, -0.25) is 4.79 Å². The zero-order valence-electron chi connectivity index (χ0n) is 9.23. The Kier molecular flexibility index (Phi) is 4.25. The monoisotopic (exact) mass is 203 g/mol. The standard InChI is InChI=1S/C13H17NO/c1-10(2)8-12(15)9-13(14)11-6-4-3-5-7-11/h3-8,13H,9,14H2,1-2H3. The van der Waals surface area contributed by atoms with Crippen LogP contribution in [-0.2, 0) is 4.79 Å². The SMILES string of the molecule is CC(C)=CC(=O)CC(N)c1ccccc1. The van der Waals surface area contributed by atoms with Gasteiger partial charge >= 0.3 is 0 Å². The molecule has 0 fully saturated rings. The molecule has 0 aliphatic rings. The number of hydrogen-bond acceptors (Lipinski definition) is 2. The van der Waals surface area contributed by atoms with E-state index in [1.807, 2.05) is 44.2 Å². The number of nitrogens with two attached hydrogens (primary N) is 1. The molecule has 0 heterocycles. The van der Waals surface area contributed by atoms with Gasteiger partial charge in [-0.2, -0.15) is 0 Å². The molecule has 0 radical (unpaired) electrons. The molecule has 1 unspecified atom stereocenters. The van der Waals surface area contributed by atoms with Crippen LogP contribution in [0.2, 0.25) is 0 Å². The molecule has 80 valence electrons. The number of carbonyl (C=O) groups excluding carboxylic acids is 1. The van der Waals surface area contributed by atoms with Crippen LogP contribution >= 0.6 is 0 Å². The fraction of sp³-hybridized carbons (Fsp3) is 0.308. The molecular weight excluding hydrogens is 186 g/mol. The molecule has 0 amide bonds. The highest BCUT2D eigenvalue weighted by Gasteiger charge is 2.08. The summed E-state index contributed by atoms with van der Waals surface area (Å²) in [6.07, 6.45) is 2.01. The van der Waals surface area contributed by atoms with Crippen LogP contribution in [0.25, 0.3) is 0 Å². The summed E-state index contributed by atoms with van der Waals surface area (Å²) in [5, 5.41) is 0. The van der Waals surface area contributed by atoms with Gasteiger partial charge in [-0.15, -0.1) is 0 Å². The Balaban J connectivity index is 2.61. The molecule has 0 saturated carbocycles. The number of hydrogen-bond donors (Lipinski definition) is 1.